The minimum absolute atomic E-state index is 0.127. The van der Waals surface area contributed by atoms with Crippen LogP contribution < -0.4 is 0 Å². The Labute approximate surface area is 120 Å². The second kappa shape index (κ2) is 5.61. The third-order valence-electron chi connectivity index (χ3n) is 3.49. The molecule has 2 aromatic rings. The Balaban J connectivity index is 1.98. The number of rotatable bonds is 4. The highest BCUT2D eigenvalue weighted by molar-refractivity contribution is 5.86. The number of halogens is 1. The third kappa shape index (κ3) is 2.64. The van der Waals surface area contributed by atoms with Crippen molar-refractivity contribution in [1.29, 1.82) is 0 Å². The van der Waals surface area contributed by atoms with Crippen LogP contribution in [0.4, 0.5) is 4.39 Å². The van der Waals surface area contributed by atoms with Gasteiger partial charge in [0.15, 0.2) is 5.69 Å². The summed E-state index contributed by atoms with van der Waals surface area (Å²) in [5.74, 6) is -1.51. The van der Waals surface area contributed by atoms with Crippen LogP contribution in [0.25, 0.3) is 0 Å². The first kappa shape index (κ1) is 13.7. The van der Waals surface area contributed by atoms with E-state index < -0.39 is 5.97 Å². The van der Waals surface area contributed by atoms with Crippen molar-refractivity contribution >= 4 is 5.97 Å². The smallest absolute Gasteiger partial charge is 0.358 e. The highest BCUT2D eigenvalue weighted by Gasteiger charge is 2.29. The zero-order chi connectivity index (χ0) is 14.8. The fourth-order valence-corrected chi connectivity index (χ4v) is 2.49. The molecule has 2 heterocycles. The number of carboxylic acid groups (broad SMARTS) is 1. The molecule has 0 bridgehead atoms. The van der Waals surface area contributed by atoms with Gasteiger partial charge in [-0.05, 0) is 18.9 Å². The summed E-state index contributed by atoms with van der Waals surface area (Å²) in [6.45, 7) is 0.705. The maximum absolute atomic E-state index is 13.7. The number of ether oxygens (including phenoxy) is 1. The van der Waals surface area contributed by atoms with Crippen LogP contribution in [-0.2, 0) is 11.3 Å². The lowest BCUT2D eigenvalue weighted by molar-refractivity contribution is 0.0672. The van der Waals surface area contributed by atoms with Gasteiger partial charge in [-0.3, -0.25) is 0 Å². The van der Waals surface area contributed by atoms with Crippen molar-refractivity contribution in [2.24, 2.45) is 0 Å². The molecule has 1 aliphatic heterocycles. The lowest BCUT2D eigenvalue weighted by Crippen LogP contribution is -2.14. The fourth-order valence-electron chi connectivity index (χ4n) is 2.49. The van der Waals surface area contributed by atoms with Gasteiger partial charge < -0.3 is 9.84 Å². The van der Waals surface area contributed by atoms with Crippen LogP contribution >= 0.6 is 0 Å². The zero-order valence-corrected chi connectivity index (χ0v) is 11.2. The maximum Gasteiger partial charge on any atom is 0.358 e. The van der Waals surface area contributed by atoms with E-state index in [0.29, 0.717) is 24.3 Å². The highest BCUT2D eigenvalue weighted by atomic mass is 19.1. The molecule has 1 aliphatic rings. The third-order valence-corrected chi connectivity index (χ3v) is 3.49. The van der Waals surface area contributed by atoms with E-state index in [0.717, 1.165) is 6.42 Å². The lowest BCUT2D eigenvalue weighted by Gasteiger charge is -2.13. The number of hydrogen-bond acceptors (Lipinski definition) is 4. The van der Waals surface area contributed by atoms with Gasteiger partial charge in [-0.2, -0.15) is 0 Å². The maximum atomic E-state index is 13.7. The van der Waals surface area contributed by atoms with Crippen molar-refractivity contribution in [1.82, 2.24) is 15.0 Å². The molecule has 7 heteroatoms. The number of nitrogens with zero attached hydrogens (tertiary/aromatic N) is 3. The molecule has 1 N–H and O–H groups in total. The zero-order valence-electron chi connectivity index (χ0n) is 11.2. The van der Waals surface area contributed by atoms with Gasteiger partial charge in [0.1, 0.15) is 17.6 Å². The van der Waals surface area contributed by atoms with Crippen molar-refractivity contribution in [3.05, 3.63) is 47.0 Å². The van der Waals surface area contributed by atoms with Gasteiger partial charge in [-0.25, -0.2) is 13.9 Å². The van der Waals surface area contributed by atoms with E-state index in [2.05, 4.69) is 10.3 Å². The van der Waals surface area contributed by atoms with Crippen molar-refractivity contribution in [3.8, 4) is 0 Å². The van der Waals surface area contributed by atoms with Crippen molar-refractivity contribution < 1.29 is 19.0 Å². The second-order valence-electron chi connectivity index (χ2n) is 4.88. The van der Waals surface area contributed by atoms with Crippen molar-refractivity contribution in [2.45, 2.75) is 25.5 Å². The molecular formula is C14H14FN3O3. The number of aromatic carboxylic acids is 1. The fraction of sp³-hybridized carbons (Fsp3) is 0.357. The van der Waals surface area contributed by atoms with E-state index in [1.54, 1.807) is 18.2 Å². The second-order valence-corrected chi connectivity index (χ2v) is 4.88. The van der Waals surface area contributed by atoms with Crippen molar-refractivity contribution in [3.63, 3.8) is 0 Å². The summed E-state index contributed by atoms with van der Waals surface area (Å²) in [7, 11) is 0. The predicted molar refractivity (Wildman–Crippen MR) is 70.4 cm³/mol. The van der Waals surface area contributed by atoms with E-state index >= 15 is 0 Å². The highest BCUT2D eigenvalue weighted by Crippen LogP contribution is 2.30. The molecule has 6 nitrogen and oxygen atoms in total. The minimum Gasteiger partial charge on any atom is -0.476 e. The summed E-state index contributed by atoms with van der Waals surface area (Å²) in [5.41, 5.74) is 0.708. The topological polar surface area (TPSA) is 77.2 Å². The number of hydrogen-bond donors (Lipinski definition) is 1. The largest absolute Gasteiger partial charge is 0.476 e. The standard InChI is InChI=1S/C14H14FN3O3/c15-10-5-2-1-4-9(10)8-18-13(11-6-3-7-21-11)12(14(19)20)16-17-18/h1-2,4-5,11H,3,6-8H2,(H,19,20). The van der Waals surface area contributed by atoms with Crippen LogP contribution in [0.1, 0.15) is 40.7 Å². The van der Waals surface area contributed by atoms with Gasteiger partial charge in [0.2, 0.25) is 0 Å². The van der Waals surface area contributed by atoms with E-state index in [4.69, 9.17) is 4.74 Å². The molecule has 3 rings (SSSR count). The Kier molecular flexibility index (Phi) is 3.66. The van der Waals surface area contributed by atoms with Gasteiger partial charge in [0.25, 0.3) is 0 Å². The Morgan fingerprint density at radius 2 is 2.29 bits per heavy atom. The molecule has 1 aromatic carbocycles. The van der Waals surface area contributed by atoms with E-state index in [-0.39, 0.29) is 24.2 Å². The van der Waals surface area contributed by atoms with Crippen molar-refractivity contribution in [2.75, 3.05) is 6.61 Å². The molecule has 110 valence electrons. The van der Waals surface area contributed by atoms with Crippen LogP contribution in [0.3, 0.4) is 0 Å². The van der Waals surface area contributed by atoms with Crippen LogP contribution in [-0.4, -0.2) is 32.7 Å². The minimum atomic E-state index is -1.15. The van der Waals surface area contributed by atoms with Gasteiger partial charge >= 0.3 is 5.97 Å². The molecule has 0 aliphatic carbocycles. The lowest BCUT2D eigenvalue weighted by atomic mass is 10.1. The molecule has 1 aromatic heterocycles. The molecule has 0 amide bonds. The van der Waals surface area contributed by atoms with Gasteiger partial charge in [0, 0.05) is 12.2 Å². The van der Waals surface area contributed by atoms with Gasteiger partial charge in [-0.1, -0.05) is 23.4 Å². The number of aromatic nitrogens is 3. The SMILES string of the molecule is O=C(O)c1nnn(Cc2ccccc2F)c1C1CCCO1. The summed E-state index contributed by atoms with van der Waals surface area (Å²) in [6.07, 6.45) is 1.22. The molecule has 0 spiro atoms. The first-order valence-corrected chi connectivity index (χ1v) is 6.68. The summed E-state index contributed by atoms with van der Waals surface area (Å²) in [6, 6.07) is 6.32. The average Bonchev–Trinajstić information content (AvgIpc) is 3.09. The summed E-state index contributed by atoms with van der Waals surface area (Å²) >= 11 is 0. The molecule has 21 heavy (non-hydrogen) atoms. The quantitative estimate of drug-likeness (QED) is 0.932. The summed E-state index contributed by atoms with van der Waals surface area (Å²) in [5, 5.41) is 16.8. The molecule has 0 saturated carbocycles. The van der Waals surface area contributed by atoms with E-state index in [1.165, 1.54) is 10.7 Å². The number of benzene rings is 1. The van der Waals surface area contributed by atoms with Crippen LogP contribution in [0.5, 0.6) is 0 Å². The monoisotopic (exact) mass is 291 g/mol. The van der Waals surface area contributed by atoms with Crippen LogP contribution in [0.15, 0.2) is 24.3 Å². The first-order valence-electron chi connectivity index (χ1n) is 6.68. The molecule has 1 atom stereocenters. The Morgan fingerprint density at radius 1 is 1.48 bits per heavy atom. The normalized spacial score (nSPS) is 18.0. The predicted octanol–water partition coefficient (Wildman–Crippen LogP) is 2.02. The van der Waals surface area contributed by atoms with Gasteiger partial charge in [0.05, 0.1) is 6.54 Å². The van der Waals surface area contributed by atoms with E-state index in [1.807, 2.05) is 0 Å². The molecule has 1 saturated heterocycles. The number of carbonyl (C=O) groups is 1. The first-order chi connectivity index (χ1) is 10.2. The van der Waals surface area contributed by atoms with Crippen LogP contribution in [0, 0.1) is 5.82 Å². The average molecular weight is 291 g/mol. The van der Waals surface area contributed by atoms with E-state index in [9.17, 15) is 14.3 Å². The Hall–Kier alpha value is -2.28. The molecule has 1 fully saturated rings. The van der Waals surface area contributed by atoms with Gasteiger partial charge in [-0.15, -0.1) is 5.10 Å². The summed E-state index contributed by atoms with van der Waals surface area (Å²) < 4.78 is 20.7. The molecular weight excluding hydrogens is 277 g/mol. The summed E-state index contributed by atoms with van der Waals surface area (Å²) in [4.78, 5) is 11.3. The Morgan fingerprint density at radius 3 is 2.95 bits per heavy atom. The Bertz CT molecular complexity index is 665. The van der Waals surface area contributed by atoms with Crippen LogP contribution in [0.2, 0.25) is 0 Å². The molecule has 0 radical (unpaired) electrons. The number of carboxylic acids is 1. The molecule has 1 unspecified atom stereocenters.